The van der Waals surface area contributed by atoms with Gasteiger partial charge in [0.2, 0.25) is 0 Å². The Balaban J connectivity index is 2.79. The van der Waals surface area contributed by atoms with E-state index in [4.69, 9.17) is 4.74 Å². The zero-order valence-corrected chi connectivity index (χ0v) is 11.2. The van der Waals surface area contributed by atoms with Gasteiger partial charge in [0.1, 0.15) is 0 Å². The van der Waals surface area contributed by atoms with Gasteiger partial charge < -0.3 is 4.74 Å². The molecule has 17 heavy (non-hydrogen) atoms. The van der Waals surface area contributed by atoms with Crippen LogP contribution in [0.3, 0.4) is 0 Å². The molecule has 0 amide bonds. The maximum absolute atomic E-state index is 12.4. The zero-order valence-electron chi connectivity index (χ0n) is 9.59. The normalized spacial score (nSPS) is 15.6. The summed E-state index contributed by atoms with van der Waals surface area (Å²) in [6, 6.07) is 7.29. The van der Waals surface area contributed by atoms with Crippen LogP contribution in [0.2, 0.25) is 0 Å². The number of rotatable bonds is 4. The molecule has 0 aliphatic heterocycles. The van der Waals surface area contributed by atoms with Crippen LogP contribution < -0.4 is 0 Å². The molecule has 0 bridgehead atoms. The van der Waals surface area contributed by atoms with Gasteiger partial charge >= 0.3 is 6.18 Å². The molecular weight excluding hydrogens is 297 g/mol. The Morgan fingerprint density at radius 3 is 2.47 bits per heavy atom. The number of hydrogen-bond donors (Lipinski definition) is 0. The molecule has 0 aliphatic carbocycles. The fourth-order valence-corrected chi connectivity index (χ4v) is 1.92. The first-order chi connectivity index (χ1) is 7.84. The average molecular weight is 311 g/mol. The molecule has 2 atom stereocenters. The third-order valence-electron chi connectivity index (χ3n) is 2.38. The molecule has 5 heteroatoms. The minimum atomic E-state index is -4.33. The van der Waals surface area contributed by atoms with Gasteiger partial charge in [-0.15, -0.1) is 0 Å². The van der Waals surface area contributed by atoms with Gasteiger partial charge in [-0.2, -0.15) is 13.2 Å². The third-order valence-corrected chi connectivity index (χ3v) is 2.97. The van der Waals surface area contributed by atoms with E-state index in [9.17, 15) is 13.2 Å². The van der Waals surface area contributed by atoms with Crippen LogP contribution in [0.25, 0.3) is 0 Å². The van der Waals surface area contributed by atoms with E-state index in [2.05, 4.69) is 15.9 Å². The predicted molar refractivity (Wildman–Crippen MR) is 64.3 cm³/mol. The number of ether oxygens (including phenoxy) is 1. The molecule has 0 heterocycles. The highest BCUT2D eigenvalue weighted by Gasteiger charge is 2.38. The van der Waals surface area contributed by atoms with Crippen molar-refractivity contribution < 1.29 is 17.9 Å². The fraction of sp³-hybridized carbons (Fsp3) is 0.500. The fourth-order valence-electron chi connectivity index (χ4n) is 1.40. The van der Waals surface area contributed by atoms with Crippen molar-refractivity contribution >= 4 is 15.9 Å². The van der Waals surface area contributed by atoms with Gasteiger partial charge in [-0.1, -0.05) is 45.8 Å². The quantitative estimate of drug-likeness (QED) is 0.749. The second kappa shape index (κ2) is 5.87. The van der Waals surface area contributed by atoms with Crippen molar-refractivity contribution in [1.29, 1.82) is 0 Å². The van der Waals surface area contributed by atoms with E-state index in [1.54, 1.807) is 6.07 Å². The summed E-state index contributed by atoms with van der Waals surface area (Å²) in [7, 11) is 0. The summed E-state index contributed by atoms with van der Waals surface area (Å²) in [5.74, 6) is 0. The molecule has 0 saturated carbocycles. The monoisotopic (exact) mass is 310 g/mol. The van der Waals surface area contributed by atoms with Crippen molar-refractivity contribution in [2.45, 2.75) is 32.2 Å². The summed E-state index contributed by atoms with van der Waals surface area (Å²) in [5.41, 5.74) is 1.75. The van der Waals surface area contributed by atoms with E-state index >= 15 is 0 Å². The summed E-state index contributed by atoms with van der Waals surface area (Å²) in [4.78, 5) is 0. The Labute approximate surface area is 107 Å². The van der Waals surface area contributed by atoms with Crippen LogP contribution in [-0.2, 0) is 4.74 Å². The van der Waals surface area contributed by atoms with Crippen LogP contribution in [-0.4, -0.2) is 17.6 Å². The van der Waals surface area contributed by atoms with Crippen molar-refractivity contribution in [3.63, 3.8) is 0 Å². The standard InChI is InChI=1S/C12H14BrF3O/c1-8-4-3-5-10(6-8)11(7-13)17-9(2)12(14,15)16/h3-6,9,11H,7H2,1-2H3. The Morgan fingerprint density at radius 2 is 2.00 bits per heavy atom. The highest BCUT2D eigenvalue weighted by atomic mass is 79.9. The first-order valence-corrected chi connectivity index (χ1v) is 6.31. The lowest BCUT2D eigenvalue weighted by molar-refractivity contribution is -0.225. The Hall–Kier alpha value is -0.550. The largest absolute Gasteiger partial charge is 0.414 e. The molecule has 1 rings (SSSR count). The molecule has 1 aromatic rings. The zero-order chi connectivity index (χ0) is 13.1. The molecule has 0 fully saturated rings. The minimum Gasteiger partial charge on any atom is -0.360 e. The van der Waals surface area contributed by atoms with Crippen LogP contribution in [0.15, 0.2) is 24.3 Å². The molecule has 0 saturated heterocycles. The van der Waals surface area contributed by atoms with Crippen LogP contribution in [0.5, 0.6) is 0 Å². The maximum Gasteiger partial charge on any atom is 0.414 e. The van der Waals surface area contributed by atoms with E-state index in [1.807, 2.05) is 25.1 Å². The highest BCUT2D eigenvalue weighted by molar-refractivity contribution is 9.09. The van der Waals surface area contributed by atoms with Gasteiger partial charge in [-0.3, -0.25) is 0 Å². The van der Waals surface area contributed by atoms with Gasteiger partial charge in [0.15, 0.2) is 6.10 Å². The molecule has 96 valence electrons. The molecule has 2 unspecified atom stereocenters. The summed E-state index contributed by atoms with van der Waals surface area (Å²) in [6.07, 6.45) is -6.69. The number of hydrogen-bond acceptors (Lipinski definition) is 1. The van der Waals surface area contributed by atoms with Crippen LogP contribution in [0.4, 0.5) is 13.2 Å². The summed E-state index contributed by atoms with van der Waals surface area (Å²) in [5, 5.41) is 0.330. The molecular formula is C12H14BrF3O. The van der Waals surface area contributed by atoms with Gasteiger partial charge in [0, 0.05) is 5.33 Å². The molecule has 1 aromatic carbocycles. The van der Waals surface area contributed by atoms with E-state index in [-0.39, 0.29) is 0 Å². The summed E-state index contributed by atoms with van der Waals surface area (Å²) >= 11 is 3.18. The summed E-state index contributed by atoms with van der Waals surface area (Å²) in [6.45, 7) is 2.91. The highest BCUT2D eigenvalue weighted by Crippen LogP contribution is 2.29. The van der Waals surface area contributed by atoms with Crippen molar-refractivity contribution in [3.05, 3.63) is 35.4 Å². The second-order valence-electron chi connectivity index (χ2n) is 3.88. The van der Waals surface area contributed by atoms with Gasteiger partial charge in [0.05, 0.1) is 6.10 Å². The van der Waals surface area contributed by atoms with E-state index in [0.717, 1.165) is 18.1 Å². The van der Waals surface area contributed by atoms with Crippen molar-refractivity contribution in [1.82, 2.24) is 0 Å². The Morgan fingerprint density at radius 1 is 1.35 bits per heavy atom. The first-order valence-electron chi connectivity index (χ1n) is 5.19. The number of alkyl halides is 4. The number of benzene rings is 1. The van der Waals surface area contributed by atoms with E-state index in [1.165, 1.54) is 0 Å². The van der Waals surface area contributed by atoms with Gasteiger partial charge in [0.25, 0.3) is 0 Å². The Bertz CT molecular complexity index is 365. The van der Waals surface area contributed by atoms with Gasteiger partial charge in [-0.25, -0.2) is 0 Å². The first kappa shape index (κ1) is 14.5. The van der Waals surface area contributed by atoms with Crippen LogP contribution in [0, 0.1) is 6.92 Å². The molecule has 0 spiro atoms. The molecule has 0 aromatic heterocycles. The SMILES string of the molecule is Cc1cccc(C(CBr)OC(C)C(F)(F)F)c1. The van der Waals surface area contributed by atoms with E-state index < -0.39 is 18.4 Å². The average Bonchev–Trinajstić information content (AvgIpc) is 2.24. The van der Waals surface area contributed by atoms with Crippen molar-refractivity contribution in [3.8, 4) is 0 Å². The lowest BCUT2D eigenvalue weighted by atomic mass is 10.1. The van der Waals surface area contributed by atoms with Crippen LogP contribution >= 0.6 is 15.9 Å². The topological polar surface area (TPSA) is 9.23 Å². The number of aryl methyl sites for hydroxylation is 1. The van der Waals surface area contributed by atoms with Crippen LogP contribution in [0.1, 0.15) is 24.2 Å². The van der Waals surface area contributed by atoms with Crippen molar-refractivity contribution in [2.24, 2.45) is 0 Å². The molecule has 0 radical (unpaired) electrons. The minimum absolute atomic E-state index is 0.330. The Kier molecular flexibility index (Phi) is 5.01. The lowest BCUT2D eigenvalue weighted by Crippen LogP contribution is -2.30. The lowest BCUT2D eigenvalue weighted by Gasteiger charge is -2.23. The number of halogens is 4. The maximum atomic E-state index is 12.4. The van der Waals surface area contributed by atoms with E-state index in [0.29, 0.717) is 5.33 Å². The van der Waals surface area contributed by atoms with Gasteiger partial charge in [-0.05, 0) is 19.4 Å². The molecule has 0 N–H and O–H groups in total. The molecule has 1 nitrogen and oxygen atoms in total. The smallest absolute Gasteiger partial charge is 0.360 e. The third kappa shape index (κ3) is 4.32. The predicted octanol–water partition coefficient (Wildman–Crippen LogP) is 4.40. The summed E-state index contributed by atoms with van der Waals surface area (Å²) < 4.78 is 42.2. The van der Waals surface area contributed by atoms with Crippen molar-refractivity contribution in [2.75, 3.05) is 5.33 Å². The second-order valence-corrected chi connectivity index (χ2v) is 4.52. The molecule has 0 aliphatic rings.